The van der Waals surface area contributed by atoms with Gasteiger partial charge in [0.15, 0.2) is 11.5 Å². The third-order valence-electron chi connectivity index (χ3n) is 2.21. The lowest BCUT2D eigenvalue weighted by atomic mass is 9.96. The number of hydrogen-bond donors (Lipinski definition) is 2. The van der Waals surface area contributed by atoms with E-state index in [9.17, 15) is 10.2 Å². The van der Waals surface area contributed by atoms with Crippen molar-refractivity contribution in [3.05, 3.63) is 16.1 Å². The number of phenols is 1. The van der Waals surface area contributed by atoms with Crippen LogP contribution in [-0.2, 0) is 5.60 Å². The molecule has 0 heterocycles. The second-order valence-corrected chi connectivity index (χ2v) is 4.73. The van der Waals surface area contributed by atoms with E-state index in [0.29, 0.717) is 15.8 Å². The number of benzene rings is 1. The van der Waals surface area contributed by atoms with Crippen molar-refractivity contribution < 1.29 is 19.7 Å². The van der Waals surface area contributed by atoms with E-state index >= 15 is 0 Å². The van der Waals surface area contributed by atoms with Crippen molar-refractivity contribution in [2.75, 3.05) is 14.2 Å². The van der Waals surface area contributed by atoms with Crippen LogP contribution in [0.3, 0.4) is 0 Å². The van der Waals surface area contributed by atoms with Gasteiger partial charge in [0.05, 0.1) is 19.8 Å². The van der Waals surface area contributed by atoms with Crippen LogP contribution in [0.4, 0.5) is 0 Å². The van der Waals surface area contributed by atoms with Gasteiger partial charge in [-0.05, 0) is 19.9 Å². The molecule has 1 aromatic carbocycles. The first-order valence-corrected chi connectivity index (χ1v) is 5.48. The maximum atomic E-state index is 10.0. The first-order valence-electron chi connectivity index (χ1n) is 4.69. The van der Waals surface area contributed by atoms with Crippen LogP contribution in [0.1, 0.15) is 19.4 Å². The first-order chi connectivity index (χ1) is 7.32. The topological polar surface area (TPSA) is 58.9 Å². The molecule has 0 spiro atoms. The van der Waals surface area contributed by atoms with Gasteiger partial charge in [0.25, 0.3) is 0 Å². The maximum Gasteiger partial charge on any atom is 0.203 e. The van der Waals surface area contributed by atoms with Crippen molar-refractivity contribution in [2.45, 2.75) is 19.4 Å². The number of hydrogen-bond acceptors (Lipinski definition) is 4. The van der Waals surface area contributed by atoms with Crippen molar-refractivity contribution >= 4 is 15.9 Å². The van der Waals surface area contributed by atoms with E-state index in [4.69, 9.17) is 9.47 Å². The van der Waals surface area contributed by atoms with Crippen LogP contribution in [-0.4, -0.2) is 24.4 Å². The minimum absolute atomic E-state index is 0.124. The zero-order chi connectivity index (χ0) is 12.5. The molecule has 16 heavy (non-hydrogen) atoms. The van der Waals surface area contributed by atoms with Crippen LogP contribution in [0.15, 0.2) is 10.5 Å². The lowest BCUT2D eigenvalue weighted by Crippen LogP contribution is -2.17. The summed E-state index contributed by atoms with van der Waals surface area (Å²) in [6.07, 6.45) is 0. The number of methoxy groups -OCH3 is 2. The van der Waals surface area contributed by atoms with E-state index in [-0.39, 0.29) is 11.5 Å². The molecule has 1 aromatic rings. The Morgan fingerprint density at radius 3 is 2.19 bits per heavy atom. The minimum atomic E-state index is -1.18. The maximum absolute atomic E-state index is 10.0. The molecule has 1 rings (SSSR count). The number of aliphatic hydroxyl groups is 1. The van der Waals surface area contributed by atoms with Gasteiger partial charge in [-0.1, -0.05) is 15.9 Å². The molecule has 0 radical (unpaired) electrons. The number of ether oxygens (including phenoxy) is 2. The van der Waals surface area contributed by atoms with Crippen molar-refractivity contribution in [2.24, 2.45) is 0 Å². The van der Waals surface area contributed by atoms with Gasteiger partial charge in [0, 0.05) is 10.0 Å². The quantitative estimate of drug-likeness (QED) is 0.897. The highest BCUT2D eigenvalue weighted by Crippen LogP contribution is 2.46. The van der Waals surface area contributed by atoms with Gasteiger partial charge in [0.2, 0.25) is 5.75 Å². The van der Waals surface area contributed by atoms with Crippen molar-refractivity contribution in [1.29, 1.82) is 0 Å². The monoisotopic (exact) mass is 290 g/mol. The summed E-state index contributed by atoms with van der Waals surface area (Å²) in [5, 5.41) is 20.0. The molecular formula is C11H15BrO4. The molecule has 0 fully saturated rings. The summed E-state index contributed by atoms with van der Waals surface area (Å²) in [4.78, 5) is 0. The molecule has 0 aliphatic rings. The Morgan fingerprint density at radius 2 is 1.81 bits per heavy atom. The van der Waals surface area contributed by atoms with E-state index in [1.54, 1.807) is 19.9 Å². The highest BCUT2D eigenvalue weighted by molar-refractivity contribution is 9.10. The Hall–Kier alpha value is -0.940. The fourth-order valence-electron chi connectivity index (χ4n) is 1.53. The third-order valence-corrected chi connectivity index (χ3v) is 2.83. The summed E-state index contributed by atoms with van der Waals surface area (Å²) in [6, 6.07) is 1.64. The fraction of sp³-hybridized carbons (Fsp3) is 0.455. The van der Waals surface area contributed by atoms with Gasteiger partial charge in [0.1, 0.15) is 0 Å². The van der Waals surface area contributed by atoms with Crippen LogP contribution < -0.4 is 9.47 Å². The van der Waals surface area contributed by atoms with Crippen LogP contribution in [0, 0.1) is 0 Å². The van der Waals surface area contributed by atoms with Gasteiger partial charge < -0.3 is 19.7 Å². The summed E-state index contributed by atoms with van der Waals surface area (Å²) in [5.74, 6) is 0.490. The fourth-order valence-corrected chi connectivity index (χ4v) is 2.41. The van der Waals surface area contributed by atoms with E-state index in [1.807, 2.05) is 0 Å². The smallest absolute Gasteiger partial charge is 0.203 e. The van der Waals surface area contributed by atoms with E-state index in [1.165, 1.54) is 14.2 Å². The lowest BCUT2D eigenvalue weighted by molar-refractivity contribution is 0.0744. The molecule has 0 amide bonds. The first kappa shape index (κ1) is 13.1. The molecule has 0 aromatic heterocycles. The second-order valence-electron chi connectivity index (χ2n) is 3.88. The average Bonchev–Trinajstić information content (AvgIpc) is 2.14. The molecule has 0 bridgehead atoms. The highest BCUT2D eigenvalue weighted by Gasteiger charge is 2.28. The molecule has 0 unspecified atom stereocenters. The summed E-state index contributed by atoms with van der Waals surface area (Å²) < 4.78 is 10.7. The third kappa shape index (κ3) is 2.25. The molecule has 0 saturated heterocycles. The van der Waals surface area contributed by atoms with Gasteiger partial charge in [-0.2, -0.15) is 0 Å². The molecule has 90 valence electrons. The van der Waals surface area contributed by atoms with Crippen molar-refractivity contribution in [1.82, 2.24) is 0 Å². The Labute approximate surface area is 103 Å². The number of phenolic OH excluding ortho intramolecular Hbond substituents is 1. The highest BCUT2D eigenvalue weighted by atomic mass is 79.9. The van der Waals surface area contributed by atoms with Crippen LogP contribution in [0.25, 0.3) is 0 Å². The molecular weight excluding hydrogens is 276 g/mol. The molecule has 5 heteroatoms. The van der Waals surface area contributed by atoms with Gasteiger partial charge in [-0.3, -0.25) is 0 Å². The van der Waals surface area contributed by atoms with Crippen molar-refractivity contribution in [3.63, 3.8) is 0 Å². The van der Waals surface area contributed by atoms with Crippen LogP contribution in [0.2, 0.25) is 0 Å². The Morgan fingerprint density at radius 1 is 1.25 bits per heavy atom. The molecule has 0 saturated carbocycles. The standard InChI is InChI=1S/C11H15BrO4/c1-11(2,14)8-6(12)5-7(15-3)10(16-4)9(8)13/h5,13-14H,1-4H3. The number of rotatable bonds is 3. The van der Waals surface area contributed by atoms with Gasteiger partial charge in [-0.15, -0.1) is 0 Å². The van der Waals surface area contributed by atoms with E-state index < -0.39 is 5.60 Å². The predicted octanol–water partition coefficient (Wildman–Crippen LogP) is 2.40. The lowest BCUT2D eigenvalue weighted by Gasteiger charge is -2.23. The van der Waals surface area contributed by atoms with Crippen LogP contribution in [0.5, 0.6) is 17.2 Å². The largest absolute Gasteiger partial charge is 0.504 e. The Bertz CT molecular complexity index is 396. The zero-order valence-corrected chi connectivity index (χ0v) is 11.3. The number of halogens is 1. The van der Waals surface area contributed by atoms with Gasteiger partial charge >= 0.3 is 0 Å². The normalized spacial score (nSPS) is 11.4. The Kier molecular flexibility index (Phi) is 3.70. The predicted molar refractivity (Wildman–Crippen MR) is 64.2 cm³/mol. The van der Waals surface area contributed by atoms with E-state index in [2.05, 4.69) is 15.9 Å². The average molecular weight is 291 g/mol. The SMILES string of the molecule is COc1cc(Br)c(C(C)(C)O)c(O)c1OC. The van der Waals surface area contributed by atoms with E-state index in [0.717, 1.165) is 0 Å². The zero-order valence-electron chi connectivity index (χ0n) is 9.67. The summed E-state index contributed by atoms with van der Waals surface area (Å²) in [5.41, 5.74) is -0.812. The summed E-state index contributed by atoms with van der Waals surface area (Å²) in [7, 11) is 2.91. The second kappa shape index (κ2) is 4.51. The molecule has 0 atom stereocenters. The molecule has 0 aliphatic heterocycles. The molecule has 0 aliphatic carbocycles. The number of aromatic hydroxyl groups is 1. The van der Waals surface area contributed by atoms with Crippen molar-refractivity contribution in [3.8, 4) is 17.2 Å². The van der Waals surface area contributed by atoms with Gasteiger partial charge in [-0.25, -0.2) is 0 Å². The molecule has 4 nitrogen and oxygen atoms in total. The Balaban J connectivity index is 3.54. The van der Waals surface area contributed by atoms with Crippen LogP contribution >= 0.6 is 15.9 Å². The molecule has 2 N–H and O–H groups in total. The summed E-state index contributed by atoms with van der Waals surface area (Å²) in [6.45, 7) is 3.16. The summed E-state index contributed by atoms with van der Waals surface area (Å²) >= 11 is 3.28. The minimum Gasteiger partial charge on any atom is -0.504 e.